The summed E-state index contributed by atoms with van der Waals surface area (Å²) in [5.41, 5.74) is -0.367. The van der Waals surface area contributed by atoms with E-state index in [1.54, 1.807) is 13.8 Å². The van der Waals surface area contributed by atoms with Crippen molar-refractivity contribution in [3.05, 3.63) is 0 Å². The molecule has 1 rings (SSSR count). The Morgan fingerprint density at radius 2 is 1.61 bits per heavy atom. The number of aliphatic hydroxyl groups is 2. The van der Waals surface area contributed by atoms with Crippen LogP contribution in [-0.4, -0.2) is 34.0 Å². The zero-order valence-corrected chi connectivity index (χ0v) is 15.0. The summed E-state index contributed by atoms with van der Waals surface area (Å²) in [5, 5.41) is 28.3. The minimum absolute atomic E-state index is 0.213. The lowest BCUT2D eigenvalue weighted by Gasteiger charge is -2.18. The molecule has 0 saturated heterocycles. The van der Waals surface area contributed by atoms with Gasteiger partial charge in [0.25, 0.3) is 0 Å². The van der Waals surface area contributed by atoms with Crippen LogP contribution in [0.4, 0.5) is 0 Å². The summed E-state index contributed by atoms with van der Waals surface area (Å²) < 4.78 is 0. The van der Waals surface area contributed by atoms with Crippen molar-refractivity contribution in [2.45, 2.75) is 97.0 Å². The normalized spacial score (nSPS) is 17.9. The van der Waals surface area contributed by atoms with E-state index in [0.717, 1.165) is 57.8 Å². The van der Waals surface area contributed by atoms with E-state index in [2.05, 4.69) is 0 Å². The minimum atomic E-state index is -0.730. The van der Waals surface area contributed by atoms with E-state index < -0.39 is 11.4 Å². The van der Waals surface area contributed by atoms with E-state index in [9.17, 15) is 15.0 Å². The monoisotopic (exact) mass is 328 g/mol. The van der Waals surface area contributed by atoms with Crippen LogP contribution < -0.4 is 0 Å². The molecule has 1 unspecified atom stereocenters. The van der Waals surface area contributed by atoms with Crippen molar-refractivity contribution >= 4 is 5.97 Å². The standard InChI is InChI=1S/C19H36O4/c1-18(2,17(22)23)11-7-3-5-9-16(21)10-6-4-8-12-19(15-20)13-14-19/h16,20-21H,3-15H2,1-2H3,(H,22,23). The minimum Gasteiger partial charge on any atom is -0.481 e. The molecule has 0 heterocycles. The first-order valence-corrected chi connectivity index (χ1v) is 9.34. The molecule has 1 atom stereocenters. The van der Waals surface area contributed by atoms with E-state index in [-0.39, 0.29) is 11.5 Å². The second kappa shape index (κ2) is 9.63. The van der Waals surface area contributed by atoms with E-state index in [1.165, 1.54) is 12.8 Å². The fourth-order valence-corrected chi connectivity index (χ4v) is 3.10. The third-order valence-corrected chi connectivity index (χ3v) is 5.46. The van der Waals surface area contributed by atoms with Gasteiger partial charge in [-0.05, 0) is 57.8 Å². The highest BCUT2D eigenvalue weighted by molar-refractivity contribution is 5.73. The van der Waals surface area contributed by atoms with Gasteiger partial charge < -0.3 is 15.3 Å². The number of rotatable bonds is 14. The summed E-state index contributed by atoms with van der Waals surface area (Å²) in [6.07, 6.45) is 11.9. The predicted molar refractivity (Wildman–Crippen MR) is 92.3 cm³/mol. The molecule has 136 valence electrons. The molecule has 1 saturated carbocycles. The highest BCUT2D eigenvalue weighted by Gasteiger charge is 2.40. The molecule has 0 radical (unpaired) electrons. The second-order valence-electron chi connectivity index (χ2n) is 8.20. The fourth-order valence-electron chi connectivity index (χ4n) is 3.10. The molecule has 1 fully saturated rings. The van der Waals surface area contributed by atoms with Crippen molar-refractivity contribution in [3.8, 4) is 0 Å². The largest absolute Gasteiger partial charge is 0.481 e. The van der Waals surface area contributed by atoms with Gasteiger partial charge in [0, 0.05) is 6.61 Å². The van der Waals surface area contributed by atoms with E-state index in [4.69, 9.17) is 5.11 Å². The molecule has 0 bridgehead atoms. The van der Waals surface area contributed by atoms with Gasteiger partial charge in [0.2, 0.25) is 0 Å². The Kier molecular flexibility index (Phi) is 8.56. The molecule has 0 spiro atoms. The van der Waals surface area contributed by atoms with Crippen LogP contribution in [0.25, 0.3) is 0 Å². The fraction of sp³-hybridized carbons (Fsp3) is 0.947. The lowest BCUT2D eigenvalue weighted by molar-refractivity contribution is -0.147. The lowest BCUT2D eigenvalue weighted by Crippen LogP contribution is -2.23. The second-order valence-corrected chi connectivity index (χ2v) is 8.20. The summed E-state index contributed by atoms with van der Waals surface area (Å²) in [6.45, 7) is 3.88. The van der Waals surface area contributed by atoms with E-state index in [0.29, 0.717) is 13.0 Å². The Balaban J connectivity index is 1.92. The number of carboxylic acids is 1. The maximum atomic E-state index is 11.0. The molecule has 1 aliphatic carbocycles. The Morgan fingerprint density at radius 3 is 2.09 bits per heavy atom. The zero-order valence-electron chi connectivity index (χ0n) is 15.0. The number of carbonyl (C=O) groups is 1. The first-order valence-electron chi connectivity index (χ1n) is 9.34. The Labute approximate surface area is 141 Å². The van der Waals surface area contributed by atoms with Gasteiger partial charge in [0.1, 0.15) is 0 Å². The third kappa shape index (κ3) is 8.16. The van der Waals surface area contributed by atoms with Crippen molar-refractivity contribution in [3.63, 3.8) is 0 Å². The number of unbranched alkanes of at least 4 members (excludes halogenated alkanes) is 4. The first-order chi connectivity index (χ1) is 10.8. The number of hydrogen-bond donors (Lipinski definition) is 3. The predicted octanol–water partition coefficient (Wildman–Crippen LogP) is 4.13. The van der Waals surface area contributed by atoms with Gasteiger partial charge in [-0.2, -0.15) is 0 Å². The highest BCUT2D eigenvalue weighted by Crippen LogP contribution is 2.49. The number of carboxylic acid groups (broad SMARTS) is 1. The van der Waals surface area contributed by atoms with Crippen LogP contribution in [0.2, 0.25) is 0 Å². The highest BCUT2D eigenvalue weighted by atomic mass is 16.4. The molecule has 4 heteroatoms. The molecule has 0 aliphatic heterocycles. The van der Waals surface area contributed by atoms with Gasteiger partial charge in [0.05, 0.1) is 11.5 Å². The van der Waals surface area contributed by atoms with E-state index >= 15 is 0 Å². The molecule has 1 aliphatic rings. The van der Waals surface area contributed by atoms with Crippen LogP contribution in [0, 0.1) is 10.8 Å². The SMILES string of the molecule is CC(C)(CCCCCC(O)CCCCCC1(CO)CC1)C(=O)O. The molecular weight excluding hydrogens is 292 g/mol. The van der Waals surface area contributed by atoms with E-state index in [1.807, 2.05) is 0 Å². The van der Waals surface area contributed by atoms with Crippen LogP contribution in [0.3, 0.4) is 0 Å². The lowest BCUT2D eigenvalue weighted by atomic mass is 9.87. The zero-order chi connectivity index (χ0) is 17.3. The number of aliphatic carboxylic acids is 1. The topological polar surface area (TPSA) is 77.8 Å². The summed E-state index contributed by atoms with van der Waals surface area (Å²) >= 11 is 0. The van der Waals surface area contributed by atoms with Crippen molar-refractivity contribution < 1.29 is 20.1 Å². The Morgan fingerprint density at radius 1 is 1.04 bits per heavy atom. The van der Waals surface area contributed by atoms with Crippen LogP contribution in [-0.2, 0) is 4.79 Å². The first kappa shape index (κ1) is 20.4. The van der Waals surface area contributed by atoms with Crippen LogP contribution >= 0.6 is 0 Å². The quantitative estimate of drug-likeness (QED) is 0.419. The van der Waals surface area contributed by atoms with Crippen LogP contribution in [0.1, 0.15) is 90.9 Å². The van der Waals surface area contributed by atoms with Gasteiger partial charge in [-0.1, -0.05) is 38.5 Å². The van der Waals surface area contributed by atoms with Crippen LogP contribution in [0.5, 0.6) is 0 Å². The number of hydrogen-bond acceptors (Lipinski definition) is 3. The van der Waals surface area contributed by atoms with Gasteiger partial charge in [-0.15, -0.1) is 0 Å². The molecule has 3 N–H and O–H groups in total. The van der Waals surface area contributed by atoms with Gasteiger partial charge >= 0.3 is 5.97 Å². The average molecular weight is 328 g/mol. The van der Waals surface area contributed by atoms with Crippen molar-refractivity contribution in [1.82, 2.24) is 0 Å². The summed E-state index contributed by atoms with van der Waals surface area (Å²) in [5.74, 6) is -0.730. The Bertz CT molecular complexity index is 347. The smallest absolute Gasteiger partial charge is 0.309 e. The molecule has 0 aromatic carbocycles. The average Bonchev–Trinajstić information content (AvgIpc) is 3.27. The van der Waals surface area contributed by atoms with Crippen molar-refractivity contribution in [1.29, 1.82) is 0 Å². The maximum absolute atomic E-state index is 11.0. The molecular formula is C19H36O4. The summed E-state index contributed by atoms with van der Waals surface area (Å²) in [6, 6.07) is 0. The van der Waals surface area contributed by atoms with Gasteiger partial charge in [-0.25, -0.2) is 0 Å². The molecule has 0 aromatic rings. The summed E-state index contributed by atoms with van der Waals surface area (Å²) in [4.78, 5) is 11.0. The Hall–Kier alpha value is -0.610. The summed E-state index contributed by atoms with van der Waals surface area (Å²) in [7, 11) is 0. The molecule has 0 amide bonds. The molecule has 23 heavy (non-hydrogen) atoms. The van der Waals surface area contributed by atoms with Crippen molar-refractivity contribution in [2.75, 3.05) is 6.61 Å². The molecule has 0 aromatic heterocycles. The van der Waals surface area contributed by atoms with Gasteiger partial charge in [-0.3, -0.25) is 4.79 Å². The molecule has 4 nitrogen and oxygen atoms in total. The van der Waals surface area contributed by atoms with Crippen molar-refractivity contribution in [2.24, 2.45) is 10.8 Å². The third-order valence-electron chi connectivity index (χ3n) is 5.46. The maximum Gasteiger partial charge on any atom is 0.309 e. The van der Waals surface area contributed by atoms with Crippen LogP contribution in [0.15, 0.2) is 0 Å². The van der Waals surface area contributed by atoms with Gasteiger partial charge in [0.15, 0.2) is 0 Å². The number of aliphatic hydroxyl groups excluding tert-OH is 2.